The Kier molecular flexibility index (Phi) is 12.1. The van der Waals surface area contributed by atoms with Crippen LogP contribution in [-0.2, 0) is 29.3 Å². The van der Waals surface area contributed by atoms with Gasteiger partial charge in [-0.05, 0) is 38.2 Å². The monoisotopic (exact) mass is 436 g/mol. The molecule has 0 aliphatic heterocycles. The average molecular weight is 436 g/mol. The second-order valence-corrected chi connectivity index (χ2v) is 9.25. The van der Waals surface area contributed by atoms with Gasteiger partial charge in [-0.3, -0.25) is 4.52 Å². The number of phosphoric ester groups is 1. The maximum absolute atomic E-state index is 11.3. The summed E-state index contributed by atoms with van der Waals surface area (Å²) < 4.78 is 35.6. The molecule has 0 fully saturated rings. The van der Waals surface area contributed by atoms with Crippen LogP contribution < -0.4 is 0 Å². The van der Waals surface area contributed by atoms with Crippen molar-refractivity contribution in [1.82, 2.24) is 0 Å². The summed E-state index contributed by atoms with van der Waals surface area (Å²) in [4.78, 5) is 26.1. The van der Waals surface area contributed by atoms with Crippen molar-refractivity contribution < 1.29 is 37.4 Å². The van der Waals surface area contributed by atoms with Crippen molar-refractivity contribution in [2.24, 2.45) is 0 Å². The van der Waals surface area contributed by atoms with Gasteiger partial charge in [0, 0.05) is 6.61 Å². The largest absolute Gasteiger partial charge is 0.481 e. The standard InChI is InChI=1S/C18H30O8P2/c1-17(11-9-15-25-28(22,23)26-27(19,20)21)10-5-2-3-8-14-24-16-18-12-6-4-7-13-18/h4,6-7,11-13H,2-3,5,8-10,14-16H2,1H3,(H,22,23)(H2,19,20,21)/b17-11+. The Labute approximate surface area is 166 Å². The van der Waals surface area contributed by atoms with E-state index in [-0.39, 0.29) is 6.61 Å². The molecule has 1 atom stereocenters. The van der Waals surface area contributed by atoms with Crippen molar-refractivity contribution in [2.45, 2.75) is 52.1 Å². The number of rotatable bonds is 15. The topological polar surface area (TPSA) is 123 Å². The van der Waals surface area contributed by atoms with Gasteiger partial charge in [-0.15, -0.1) is 0 Å². The van der Waals surface area contributed by atoms with E-state index in [1.165, 1.54) is 5.56 Å². The van der Waals surface area contributed by atoms with Gasteiger partial charge < -0.3 is 19.4 Å². The van der Waals surface area contributed by atoms with Crippen LogP contribution in [0.15, 0.2) is 42.0 Å². The molecule has 10 heteroatoms. The number of unbranched alkanes of at least 4 members (excludes halogenated alkanes) is 3. The Hall–Kier alpha value is -0.820. The molecule has 0 aromatic heterocycles. The molecular formula is C18H30O8P2. The molecule has 0 aliphatic rings. The number of ether oxygens (including phenoxy) is 1. The summed E-state index contributed by atoms with van der Waals surface area (Å²) in [5.74, 6) is 0. The van der Waals surface area contributed by atoms with Gasteiger partial charge in [-0.2, -0.15) is 4.31 Å². The van der Waals surface area contributed by atoms with E-state index < -0.39 is 15.6 Å². The summed E-state index contributed by atoms with van der Waals surface area (Å²) >= 11 is 0. The fourth-order valence-corrected chi connectivity index (χ4v) is 4.06. The van der Waals surface area contributed by atoms with E-state index in [1.54, 1.807) is 0 Å². The third-order valence-corrected chi connectivity index (χ3v) is 5.98. The van der Waals surface area contributed by atoms with Gasteiger partial charge in [-0.25, -0.2) is 9.13 Å². The molecule has 0 radical (unpaired) electrons. The van der Waals surface area contributed by atoms with Gasteiger partial charge in [0.25, 0.3) is 0 Å². The Bertz CT molecular complexity index is 671. The Balaban J connectivity index is 2.01. The van der Waals surface area contributed by atoms with E-state index in [1.807, 2.05) is 43.3 Å². The number of benzene rings is 1. The lowest BCUT2D eigenvalue weighted by molar-refractivity contribution is 0.116. The first kappa shape index (κ1) is 25.2. The van der Waals surface area contributed by atoms with Crippen LogP contribution in [0.25, 0.3) is 0 Å². The second kappa shape index (κ2) is 13.4. The lowest BCUT2D eigenvalue weighted by Crippen LogP contribution is -1.96. The predicted molar refractivity (Wildman–Crippen MR) is 106 cm³/mol. The Morgan fingerprint density at radius 1 is 1.00 bits per heavy atom. The van der Waals surface area contributed by atoms with E-state index in [4.69, 9.17) is 19.4 Å². The number of allylic oxidation sites excluding steroid dienone is 1. The molecule has 3 N–H and O–H groups in total. The van der Waals surface area contributed by atoms with Crippen molar-refractivity contribution in [3.63, 3.8) is 0 Å². The highest BCUT2D eigenvalue weighted by Crippen LogP contribution is 2.57. The van der Waals surface area contributed by atoms with Gasteiger partial charge in [0.2, 0.25) is 0 Å². The van der Waals surface area contributed by atoms with Crippen molar-refractivity contribution in [3.05, 3.63) is 47.5 Å². The molecule has 0 aliphatic carbocycles. The summed E-state index contributed by atoms with van der Waals surface area (Å²) in [5, 5.41) is 0. The lowest BCUT2D eigenvalue weighted by atomic mass is 10.1. The number of phosphoric acid groups is 2. The van der Waals surface area contributed by atoms with Crippen LogP contribution in [0.3, 0.4) is 0 Å². The highest BCUT2D eigenvalue weighted by Gasteiger charge is 2.31. The summed E-state index contributed by atoms with van der Waals surface area (Å²) in [7, 11) is -9.80. The van der Waals surface area contributed by atoms with Crippen LogP contribution in [0.5, 0.6) is 0 Å². The molecule has 0 bridgehead atoms. The Morgan fingerprint density at radius 3 is 2.36 bits per heavy atom. The second-order valence-electron chi connectivity index (χ2n) is 6.42. The van der Waals surface area contributed by atoms with Crippen LogP contribution in [0.1, 0.15) is 51.0 Å². The smallest absolute Gasteiger partial charge is 0.377 e. The van der Waals surface area contributed by atoms with E-state index in [9.17, 15) is 9.13 Å². The maximum atomic E-state index is 11.3. The fourth-order valence-electron chi connectivity index (χ4n) is 2.46. The third-order valence-electron chi connectivity index (χ3n) is 3.80. The SMILES string of the molecule is C/C(=C\CCOP(=O)(O)OP(=O)(O)O)CCCCCCOCc1ccccc1. The summed E-state index contributed by atoms with van der Waals surface area (Å²) in [6.45, 7) is 3.20. The Morgan fingerprint density at radius 2 is 1.68 bits per heavy atom. The van der Waals surface area contributed by atoms with Crippen LogP contribution in [0.2, 0.25) is 0 Å². The zero-order valence-electron chi connectivity index (χ0n) is 16.1. The first-order valence-electron chi connectivity index (χ1n) is 9.19. The molecule has 28 heavy (non-hydrogen) atoms. The minimum Gasteiger partial charge on any atom is -0.377 e. The highest BCUT2D eigenvalue weighted by atomic mass is 31.3. The molecule has 0 spiro atoms. The maximum Gasteiger partial charge on any atom is 0.481 e. The van der Waals surface area contributed by atoms with Crippen molar-refractivity contribution >= 4 is 15.6 Å². The molecule has 0 heterocycles. The fraction of sp³-hybridized carbons (Fsp3) is 0.556. The molecule has 1 rings (SSSR count). The first-order chi connectivity index (χ1) is 13.2. The molecule has 0 saturated heterocycles. The van der Waals surface area contributed by atoms with Crippen LogP contribution in [0, 0.1) is 0 Å². The van der Waals surface area contributed by atoms with E-state index in [0.717, 1.165) is 44.3 Å². The molecular weight excluding hydrogens is 406 g/mol. The van der Waals surface area contributed by atoms with Gasteiger partial charge >= 0.3 is 15.6 Å². The van der Waals surface area contributed by atoms with E-state index >= 15 is 0 Å². The molecule has 1 aromatic rings. The zero-order chi connectivity index (χ0) is 20.9. The minimum absolute atomic E-state index is 0.163. The third kappa shape index (κ3) is 14.2. The van der Waals surface area contributed by atoms with Gasteiger partial charge in [-0.1, -0.05) is 54.8 Å². The van der Waals surface area contributed by atoms with Crippen molar-refractivity contribution in [3.8, 4) is 0 Å². The van der Waals surface area contributed by atoms with E-state index in [2.05, 4.69) is 8.83 Å². The summed E-state index contributed by atoms with van der Waals surface area (Å²) in [6, 6.07) is 10.1. The minimum atomic E-state index is -5.06. The first-order valence-corrected chi connectivity index (χ1v) is 12.2. The number of hydrogen-bond acceptors (Lipinski definition) is 5. The zero-order valence-corrected chi connectivity index (χ0v) is 17.9. The molecule has 0 amide bonds. The summed E-state index contributed by atoms with van der Waals surface area (Å²) in [6.07, 6.45) is 7.41. The van der Waals surface area contributed by atoms with Crippen LogP contribution in [0.4, 0.5) is 0 Å². The van der Waals surface area contributed by atoms with Crippen LogP contribution >= 0.6 is 15.6 Å². The van der Waals surface area contributed by atoms with Gasteiger partial charge in [0.1, 0.15) is 0 Å². The molecule has 8 nitrogen and oxygen atoms in total. The van der Waals surface area contributed by atoms with Gasteiger partial charge in [0.15, 0.2) is 0 Å². The number of hydrogen-bond donors (Lipinski definition) is 3. The predicted octanol–water partition coefficient (Wildman–Crippen LogP) is 4.72. The summed E-state index contributed by atoms with van der Waals surface area (Å²) in [5.41, 5.74) is 2.31. The molecule has 1 aromatic carbocycles. The van der Waals surface area contributed by atoms with Crippen molar-refractivity contribution in [2.75, 3.05) is 13.2 Å². The molecule has 0 saturated carbocycles. The van der Waals surface area contributed by atoms with Crippen molar-refractivity contribution in [1.29, 1.82) is 0 Å². The quantitative estimate of drug-likeness (QED) is 0.205. The highest BCUT2D eigenvalue weighted by molar-refractivity contribution is 7.60. The molecule has 160 valence electrons. The van der Waals surface area contributed by atoms with Gasteiger partial charge in [0.05, 0.1) is 13.2 Å². The van der Waals surface area contributed by atoms with E-state index in [0.29, 0.717) is 13.0 Å². The van der Waals surface area contributed by atoms with Crippen LogP contribution in [-0.4, -0.2) is 27.9 Å². The normalized spacial score (nSPS) is 14.8. The lowest BCUT2D eigenvalue weighted by Gasteiger charge is -2.11. The molecule has 1 unspecified atom stereocenters. The average Bonchev–Trinajstić information content (AvgIpc) is 2.60.